The van der Waals surface area contributed by atoms with Gasteiger partial charge >= 0.3 is 0 Å². The van der Waals surface area contributed by atoms with Crippen LogP contribution in [0.4, 0.5) is 0 Å². The molecule has 1 aromatic heterocycles. The Bertz CT molecular complexity index is 1010. The topological polar surface area (TPSA) is 108 Å². The number of hydrogen-bond acceptors (Lipinski definition) is 5. The highest BCUT2D eigenvalue weighted by Gasteiger charge is 2.28. The zero-order chi connectivity index (χ0) is 21.6. The Morgan fingerprint density at radius 1 is 1.07 bits per heavy atom. The molecule has 3 rings (SSSR count). The van der Waals surface area contributed by atoms with Crippen LogP contribution in [-0.2, 0) is 21.4 Å². The van der Waals surface area contributed by atoms with Crippen LogP contribution in [0, 0.1) is 0 Å². The Labute approximate surface area is 184 Å². The van der Waals surface area contributed by atoms with Gasteiger partial charge in [-0.1, -0.05) is 0 Å². The fourth-order valence-electron chi connectivity index (χ4n) is 3.09. The second kappa shape index (κ2) is 10.1. The Morgan fingerprint density at radius 3 is 2.47 bits per heavy atom. The van der Waals surface area contributed by atoms with Gasteiger partial charge in [0.1, 0.15) is 0 Å². The second-order valence-electron chi connectivity index (χ2n) is 6.89. The van der Waals surface area contributed by atoms with Crippen LogP contribution in [0.1, 0.15) is 35.2 Å². The van der Waals surface area contributed by atoms with Gasteiger partial charge in [-0.25, -0.2) is 8.42 Å². The van der Waals surface area contributed by atoms with Crippen LogP contribution in [0.2, 0.25) is 0 Å². The summed E-state index contributed by atoms with van der Waals surface area (Å²) in [5.74, 6) is -0.640. The van der Waals surface area contributed by atoms with Gasteiger partial charge in [0.25, 0.3) is 5.91 Å². The average Bonchev–Trinajstić information content (AvgIpc) is 3.29. The van der Waals surface area contributed by atoms with E-state index < -0.39 is 15.9 Å². The van der Waals surface area contributed by atoms with Crippen molar-refractivity contribution in [2.24, 2.45) is 0 Å². The van der Waals surface area contributed by atoms with E-state index in [2.05, 4.69) is 31.5 Å². The lowest BCUT2D eigenvalue weighted by Crippen LogP contribution is -2.31. The van der Waals surface area contributed by atoms with Crippen molar-refractivity contribution in [2.45, 2.75) is 30.7 Å². The summed E-state index contributed by atoms with van der Waals surface area (Å²) in [6.07, 6.45) is 5.09. The lowest BCUT2D eigenvalue weighted by molar-refractivity contribution is -0.121. The first-order chi connectivity index (χ1) is 14.4. The number of pyridine rings is 1. The molecule has 30 heavy (non-hydrogen) atoms. The molecule has 8 nitrogen and oxygen atoms in total. The molecule has 0 radical (unpaired) electrons. The summed E-state index contributed by atoms with van der Waals surface area (Å²) in [6, 6.07) is 8.03. The van der Waals surface area contributed by atoms with Gasteiger partial charge in [-0.3, -0.25) is 14.6 Å². The molecule has 0 bridgehead atoms. The summed E-state index contributed by atoms with van der Waals surface area (Å²) >= 11 is 3.30. The largest absolute Gasteiger partial charge is 0.352 e. The number of rotatable bonds is 8. The summed E-state index contributed by atoms with van der Waals surface area (Å²) < 4.78 is 27.4. The van der Waals surface area contributed by atoms with Crippen LogP contribution in [0.25, 0.3) is 0 Å². The standard InChI is InChI=1S/C20H23BrN4O4S/c21-18-4-3-16(30(28,29)25-11-1-2-12-25)13-17(18)20(27)23-10-7-19(26)24-14-15-5-8-22-9-6-15/h3-6,8-9,13H,1-2,7,10-12,14H2,(H,23,27)(H,24,26). The molecule has 1 aromatic carbocycles. The predicted octanol–water partition coefficient (Wildman–Crippen LogP) is 2.06. The van der Waals surface area contributed by atoms with E-state index in [1.54, 1.807) is 18.5 Å². The van der Waals surface area contributed by atoms with Crippen molar-refractivity contribution in [1.29, 1.82) is 0 Å². The molecule has 0 unspecified atom stereocenters. The van der Waals surface area contributed by atoms with E-state index >= 15 is 0 Å². The number of hydrogen-bond donors (Lipinski definition) is 2. The predicted molar refractivity (Wildman–Crippen MR) is 115 cm³/mol. The van der Waals surface area contributed by atoms with E-state index in [-0.39, 0.29) is 29.3 Å². The zero-order valence-corrected chi connectivity index (χ0v) is 18.7. The molecule has 0 aliphatic carbocycles. The third-order valence-corrected chi connectivity index (χ3v) is 7.35. The molecule has 2 heterocycles. The quantitative estimate of drug-likeness (QED) is 0.583. The highest BCUT2D eigenvalue weighted by Crippen LogP contribution is 2.25. The number of nitrogens with one attached hydrogen (secondary N) is 2. The number of sulfonamides is 1. The number of amides is 2. The molecule has 0 spiro atoms. The molecule has 1 aliphatic rings. The zero-order valence-electron chi connectivity index (χ0n) is 16.3. The highest BCUT2D eigenvalue weighted by atomic mass is 79.9. The van der Waals surface area contributed by atoms with Crippen molar-refractivity contribution < 1.29 is 18.0 Å². The Balaban J connectivity index is 1.55. The third kappa shape index (κ3) is 5.65. The number of benzene rings is 1. The molecule has 160 valence electrons. The van der Waals surface area contributed by atoms with E-state index in [4.69, 9.17) is 0 Å². The SMILES string of the molecule is O=C(CCNC(=O)c1cc(S(=O)(=O)N2CCCC2)ccc1Br)NCc1ccncc1. The van der Waals surface area contributed by atoms with Gasteiger partial charge < -0.3 is 10.6 Å². The maximum atomic E-state index is 12.7. The van der Waals surface area contributed by atoms with E-state index in [1.165, 1.54) is 16.4 Å². The third-order valence-electron chi connectivity index (χ3n) is 4.76. The van der Waals surface area contributed by atoms with Crippen LogP contribution >= 0.6 is 15.9 Å². The van der Waals surface area contributed by atoms with Crippen molar-refractivity contribution in [3.63, 3.8) is 0 Å². The molecule has 2 N–H and O–H groups in total. The summed E-state index contributed by atoms with van der Waals surface area (Å²) in [6.45, 7) is 1.51. The lowest BCUT2D eigenvalue weighted by Gasteiger charge is -2.16. The number of halogens is 1. The van der Waals surface area contributed by atoms with Crippen LogP contribution in [0.15, 0.2) is 52.1 Å². The number of nitrogens with zero attached hydrogens (tertiary/aromatic N) is 2. The van der Waals surface area contributed by atoms with Gasteiger partial charge in [-0.2, -0.15) is 4.31 Å². The monoisotopic (exact) mass is 494 g/mol. The van der Waals surface area contributed by atoms with Gasteiger partial charge in [0, 0.05) is 49.5 Å². The molecule has 1 aliphatic heterocycles. The molecule has 0 atom stereocenters. The van der Waals surface area contributed by atoms with Gasteiger partial charge in [0.05, 0.1) is 10.5 Å². The van der Waals surface area contributed by atoms with Crippen molar-refractivity contribution in [1.82, 2.24) is 19.9 Å². The molecule has 2 amide bonds. The Morgan fingerprint density at radius 2 is 1.77 bits per heavy atom. The van der Waals surface area contributed by atoms with Crippen molar-refractivity contribution in [2.75, 3.05) is 19.6 Å². The van der Waals surface area contributed by atoms with E-state index in [9.17, 15) is 18.0 Å². The molecule has 2 aromatic rings. The van der Waals surface area contributed by atoms with Crippen LogP contribution < -0.4 is 10.6 Å². The van der Waals surface area contributed by atoms with Crippen LogP contribution in [-0.4, -0.2) is 49.2 Å². The maximum Gasteiger partial charge on any atom is 0.252 e. The summed E-state index contributed by atoms with van der Waals surface area (Å²) in [7, 11) is -3.62. The lowest BCUT2D eigenvalue weighted by atomic mass is 10.2. The molecule has 0 saturated carbocycles. The van der Waals surface area contributed by atoms with Gasteiger partial charge in [-0.05, 0) is 64.7 Å². The van der Waals surface area contributed by atoms with Gasteiger partial charge in [0.15, 0.2) is 0 Å². The number of aromatic nitrogens is 1. The first-order valence-corrected chi connectivity index (χ1v) is 11.8. The maximum absolute atomic E-state index is 12.7. The highest BCUT2D eigenvalue weighted by molar-refractivity contribution is 9.10. The van der Waals surface area contributed by atoms with Crippen LogP contribution in [0.5, 0.6) is 0 Å². The fourth-order valence-corrected chi connectivity index (χ4v) is 5.06. The molecule has 1 saturated heterocycles. The Kier molecular flexibility index (Phi) is 7.57. The van der Waals surface area contributed by atoms with Gasteiger partial charge in [-0.15, -0.1) is 0 Å². The molecule has 10 heteroatoms. The molecular formula is C20H23BrN4O4S. The minimum atomic E-state index is -3.62. The Hall–Kier alpha value is -2.30. The smallest absolute Gasteiger partial charge is 0.252 e. The van der Waals surface area contributed by atoms with Crippen molar-refractivity contribution in [3.05, 3.63) is 58.3 Å². The van der Waals surface area contributed by atoms with Crippen LogP contribution in [0.3, 0.4) is 0 Å². The normalized spacial score (nSPS) is 14.4. The summed E-state index contributed by atoms with van der Waals surface area (Å²) in [4.78, 5) is 28.5. The van der Waals surface area contributed by atoms with Gasteiger partial charge in [0.2, 0.25) is 15.9 Å². The second-order valence-corrected chi connectivity index (χ2v) is 9.68. The fraction of sp³-hybridized carbons (Fsp3) is 0.350. The molecule has 1 fully saturated rings. The van der Waals surface area contributed by atoms with Crippen molar-refractivity contribution in [3.8, 4) is 0 Å². The first-order valence-electron chi connectivity index (χ1n) is 9.61. The van der Waals surface area contributed by atoms with E-state index in [1.807, 2.05) is 12.1 Å². The van der Waals surface area contributed by atoms with Crippen molar-refractivity contribution >= 4 is 37.8 Å². The van der Waals surface area contributed by atoms with E-state index in [0.29, 0.717) is 24.1 Å². The van der Waals surface area contributed by atoms with E-state index in [0.717, 1.165) is 18.4 Å². The summed E-state index contributed by atoms with van der Waals surface area (Å²) in [5, 5.41) is 5.44. The average molecular weight is 495 g/mol. The minimum Gasteiger partial charge on any atom is -0.352 e. The number of carbonyl (C=O) groups is 2. The summed E-state index contributed by atoms with van der Waals surface area (Å²) in [5.41, 5.74) is 1.15. The minimum absolute atomic E-state index is 0.0906. The molecular weight excluding hydrogens is 472 g/mol. The first kappa shape index (κ1) is 22.4. The number of carbonyl (C=O) groups excluding carboxylic acids is 2.